The number of piperidine rings is 1. The highest BCUT2D eigenvalue weighted by atomic mass is 15.2. The topological polar surface area (TPSA) is 18.5 Å². The zero-order valence-corrected chi connectivity index (χ0v) is 11.8. The van der Waals surface area contributed by atoms with Crippen molar-refractivity contribution in [3.05, 3.63) is 0 Å². The molecule has 1 N–H and O–H groups in total. The van der Waals surface area contributed by atoms with Crippen LogP contribution in [0.5, 0.6) is 0 Å². The maximum absolute atomic E-state index is 3.56. The summed E-state index contributed by atoms with van der Waals surface area (Å²) in [4.78, 5) is 5.18. The smallest absolute Gasteiger partial charge is 0.0107 e. The summed E-state index contributed by atoms with van der Waals surface area (Å²) in [5, 5.41) is 3.56. The first-order valence-corrected chi connectivity index (χ1v) is 7.17. The number of hydrogen-bond acceptors (Lipinski definition) is 3. The van der Waals surface area contributed by atoms with Crippen molar-refractivity contribution in [2.24, 2.45) is 11.3 Å². The highest BCUT2D eigenvalue weighted by Gasteiger charge is 2.27. The van der Waals surface area contributed by atoms with Gasteiger partial charge in [0.25, 0.3) is 0 Å². The van der Waals surface area contributed by atoms with Crippen molar-refractivity contribution < 1.29 is 0 Å². The van der Waals surface area contributed by atoms with E-state index in [4.69, 9.17) is 0 Å². The predicted molar refractivity (Wildman–Crippen MR) is 73.3 cm³/mol. The Labute approximate surface area is 107 Å². The predicted octanol–water partition coefficient (Wildman–Crippen LogP) is 1.26. The Morgan fingerprint density at radius 1 is 1.29 bits per heavy atom. The lowest BCUT2D eigenvalue weighted by molar-refractivity contribution is 0.133. The zero-order chi connectivity index (χ0) is 12.3. The van der Waals surface area contributed by atoms with E-state index >= 15 is 0 Å². The van der Waals surface area contributed by atoms with Crippen LogP contribution in [0, 0.1) is 11.3 Å². The normalized spacial score (nSPS) is 32.3. The summed E-state index contributed by atoms with van der Waals surface area (Å²) in [6.45, 7) is 13.4. The van der Waals surface area contributed by atoms with Gasteiger partial charge in [-0.2, -0.15) is 0 Å². The third kappa shape index (κ3) is 4.23. The lowest BCUT2D eigenvalue weighted by Crippen LogP contribution is -2.42. The second kappa shape index (κ2) is 5.68. The molecule has 0 aromatic heterocycles. The molecule has 0 saturated carbocycles. The van der Waals surface area contributed by atoms with E-state index in [1.807, 2.05) is 0 Å². The van der Waals surface area contributed by atoms with Crippen molar-refractivity contribution in [2.45, 2.75) is 26.7 Å². The molecule has 0 radical (unpaired) electrons. The molecule has 1 unspecified atom stereocenters. The number of nitrogens with zero attached hydrogens (tertiary/aromatic N) is 2. The number of likely N-dealkylation sites (tertiary alicyclic amines) is 1. The molecule has 0 aliphatic carbocycles. The van der Waals surface area contributed by atoms with Gasteiger partial charge in [-0.3, -0.25) is 0 Å². The van der Waals surface area contributed by atoms with Crippen LogP contribution in [0.3, 0.4) is 0 Å². The molecular formula is C14H29N3. The standard InChI is InChI=1S/C14H29N3/c1-14(2)11-15-6-8-17(12-14)10-13-5-4-7-16(3)9-13/h13,15H,4-12H2,1-3H3. The molecule has 2 heterocycles. The third-order valence-corrected chi connectivity index (χ3v) is 4.10. The molecular weight excluding hydrogens is 210 g/mol. The number of rotatable bonds is 2. The minimum atomic E-state index is 0.428. The SMILES string of the molecule is CN1CCCC(CN2CCNCC(C)(C)C2)C1. The average molecular weight is 239 g/mol. The Morgan fingerprint density at radius 3 is 2.88 bits per heavy atom. The lowest BCUT2D eigenvalue weighted by atomic mass is 9.92. The van der Waals surface area contributed by atoms with E-state index in [0.29, 0.717) is 5.41 Å². The molecule has 2 aliphatic heterocycles. The van der Waals surface area contributed by atoms with Crippen LogP contribution in [0.1, 0.15) is 26.7 Å². The summed E-state index contributed by atoms with van der Waals surface area (Å²) in [6, 6.07) is 0. The fraction of sp³-hybridized carbons (Fsp3) is 1.00. The molecule has 100 valence electrons. The molecule has 3 heteroatoms. The van der Waals surface area contributed by atoms with Gasteiger partial charge in [0.2, 0.25) is 0 Å². The third-order valence-electron chi connectivity index (χ3n) is 4.10. The highest BCUT2D eigenvalue weighted by molar-refractivity contribution is 4.83. The second-order valence-electron chi connectivity index (χ2n) is 6.85. The van der Waals surface area contributed by atoms with Crippen LogP contribution in [-0.2, 0) is 0 Å². The highest BCUT2D eigenvalue weighted by Crippen LogP contribution is 2.21. The fourth-order valence-corrected chi connectivity index (χ4v) is 3.35. The van der Waals surface area contributed by atoms with Crippen LogP contribution in [0.4, 0.5) is 0 Å². The summed E-state index contributed by atoms with van der Waals surface area (Å²) >= 11 is 0. The summed E-state index contributed by atoms with van der Waals surface area (Å²) < 4.78 is 0. The van der Waals surface area contributed by atoms with Crippen LogP contribution in [0.25, 0.3) is 0 Å². The van der Waals surface area contributed by atoms with Gasteiger partial charge in [-0.1, -0.05) is 13.8 Å². The Bertz CT molecular complexity index is 240. The molecule has 3 nitrogen and oxygen atoms in total. The molecule has 0 aromatic carbocycles. The van der Waals surface area contributed by atoms with Crippen molar-refractivity contribution in [3.63, 3.8) is 0 Å². The van der Waals surface area contributed by atoms with Crippen molar-refractivity contribution in [1.82, 2.24) is 15.1 Å². The first-order chi connectivity index (χ1) is 8.05. The largest absolute Gasteiger partial charge is 0.315 e. The van der Waals surface area contributed by atoms with E-state index in [2.05, 4.69) is 36.0 Å². The Morgan fingerprint density at radius 2 is 2.12 bits per heavy atom. The molecule has 17 heavy (non-hydrogen) atoms. The summed E-state index contributed by atoms with van der Waals surface area (Å²) in [5.41, 5.74) is 0.428. The van der Waals surface area contributed by atoms with E-state index in [1.165, 1.54) is 45.6 Å². The van der Waals surface area contributed by atoms with E-state index < -0.39 is 0 Å². The molecule has 2 aliphatic rings. The molecule has 0 amide bonds. The maximum atomic E-state index is 3.56. The minimum absolute atomic E-state index is 0.428. The molecule has 2 rings (SSSR count). The van der Waals surface area contributed by atoms with E-state index in [0.717, 1.165) is 19.0 Å². The maximum Gasteiger partial charge on any atom is 0.0107 e. The fourth-order valence-electron chi connectivity index (χ4n) is 3.35. The average Bonchev–Trinajstić information content (AvgIpc) is 2.39. The Kier molecular flexibility index (Phi) is 4.45. The molecule has 1 atom stereocenters. The van der Waals surface area contributed by atoms with Crippen LogP contribution in [0.2, 0.25) is 0 Å². The van der Waals surface area contributed by atoms with Crippen LogP contribution in [-0.4, -0.2) is 62.7 Å². The van der Waals surface area contributed by atoms with Crippen LogP contribution < -0.4 is 5.32 Å². The van der Waals surface area contributed by atoms with E-state index in [9.17, 15) is 0 Å². The number of nitrogens with one attached hydrogen (secondary N) is 1. The van der Waals surface area contributed by atoms with Gasteiger partial charge < -0.3 is 15.1 Å². The quantitative estimate of drug-likeness (QED) is 0.783. The first-order valence-electron chi connectivity index (χ1n) is 7.17. The van der Waals surface area contributed by atoms with Crippen molar-refractivity contribution >= 4 is 0 Å². The van der Waals surface area contributed by atoms with E-state index in [-0.39, 0.29) is 0 Å². The molecule has 2 saturated heterocycles. The molecule has 0 spiro atoms. The summed E-state index contributed by atoms with van der Waals surface area (Å²) in [7, 11) is 2.26. The molecule has 0 bridgehead atoms. The van der Waals surface area contributed by atoms with Gasteiger partial charge in [-0.15, -0.1) is 0 Å². The molecule has 0 aromatic rings. The van der Waals surface area contributed by atoms with Gasteiger partial charge in [-0.05, 0) is 37.8 Å². The molecule has 2 fully saturated rings. The van der Waals surface area contributed by atoms with Gasteiger partial charge in [0.15, 0.2) is 0 Å². The number of hydrogen-bond donors (Lipinski definition) is 1. The van der Waals surface area contributed by atoms with Gasteiger partial charge in [-0.25, -0.2) is 0 Å². The summed E-state index contributed by atoms with van der Waals surface area (Å²) in [5.74, 6) is 0.891. The van der Waals surface area contributed by atoms with Crippen molar-refractivity contribution in [1.29, 1.82) is 0 Å². The van der Waals surface area contributed by atoms with Gasteiger partial charge >= 0.3 is 0 Å². The summed E-state index contributed by atoms with van der Waals surface area (Å²) in [6.07, 6.45) is 2.81. The van der Waals surface area contributed by atoms with Gasteiger partial charge in [0.1, 0.15) is 0 Å². The zero-order valence-electron chi connectivity index (χ0n) is 11.8. The lowest BCUT2D eigenvalue weighted by Gasteiger charge is -2.35. The van der Waals surface area contributed by atoms with Crippen LogP contribution in [0.15, 0.2) is 0 Å². The van der Waals surface area contributed by atoms with Gasteiger partial charge in [0.05, 0.1) is 0 Å². The van der Waals surface area contributed by atoms with Crippen molar-refractivity contribution in [2.75, 3.05) is 52.9 Å². The van der Waals surface area contributed by atoms with E-state index in [1.54, 1.807) is 0 Å². The minimum Gasteiger partial charge on any atom is -0.315 e. The Hall–Kier alpha value is -0.120. The van der Waals surface area contributed by atoms with Crippen molar-refractivity contribution in [3.8, 4) is 0 Å². The Balaban J connectivity index is 1.84. The second-order valence-corrected chi connectivity index (χ2v) is 6.85. The monoisotopic (exact) mass is 239 g/mol. The first kappa shape index (κ1) is 13.3. The van der Waals surface area contributed by atoms with Crippen LogP contribution >= 0.6 is 0 Å². The van der Waals surface area contributed by atoms with Gasteiger partial charge in [0, 0.05) is 39.3 Å².